The van der Waals surface area contributed by atoms with Crippen molar-refractivity contribution in [2.24, 2.45) is 0 Å². The molecule has 2 aromatic rings. The fourth-order valence-electron chi connectivity index (χ4n) is 2.22. The standard InChI is InChI=1S/C17H19ClN2O3S/c1-12(13-6-4-3-5-7-13)11-19-17(21)15-9-8-14(10-16(15)18)20-24(2,22)23/h3-10,12,20H,11H2,1-2H3,(H,19,21)/t12-/m0/s1. The third kappa shape index (κ3) is 5.25. The van der Waals surface area contributed by atoms with E-state index in [1.807, 2.05) is 37.3 Å². The average molecular weight is 367 g/mol. The Kier molecular flexibility index (Phi) is 5.85. The number of benzene rings is 2. The molecule has 0 heterocycles. The first-order valence-corrected chi connectivity index (χ1v) is 9.63. The average Bonchev–Trinajstić information content (AvgIpc) is 2.51. The number of carbonyl (C=O) groups is 1. The molecule has 0 unspecified atom stereocenters. The van der Waals surface area contributed by atoms with Crippen molar-refractivity contribution in [2.45, 2.75) is 12.8 Å². The van der Waals surface area contributed by atoms with Gasteiger partial charge in [-0.1, -0.05) is 48.9 Å². The summed E-state index contributed by atoms with van der Waals surface area (Å²) < 4.78 is 24.7. The van der Waals surface area contributed by atoms with Gasteiger partial charge < -0.3 is 5.32 Å². The molecule has 0 fully saturated rings. The Labute approximate surface area is 147 Å². The van der Waals surface area contributed by atoms with Gasteiger partial charge >= 0.3 is 0 Å². The van der Waals surface area contributed by atoms with Crippen molar-refractivity contribution in [1.29, 1.82) is 0 Å². The normalized spacial score (nSPS) is 12.5. The molecule has 0 spiro atoms. The molecule has 2 rings (SSSR count). The van der Waals surface area contributed by atoms with Crippen molar-refractivity contribution in [2.75, 3.05) is 17.5 Å². The van der Waals surface area contributed by atoms with E-state index >= 15 is 0 Å². The smallest absolute Gasteiger partial charge is 0.252 e. The Morgan fingerprint density at radius 1 is 1.17 bits per heavy atom. The summed E-state index contributed by atoms with van der Waals surface area (Å²) in [7, 11) is -3.39. The van der Waals surface area contributed by atoms with Crippen molar-refractivity contribution < 1.29 is 13.2 Å². The summed E-state index contributed by atoms with van der Waals surface area (Å²) in [6.45, 7) is 2.50. The largest absolute Gasteiger partial charge is 0.351 e. The number of halogens is 1. The zero-order valence-corrected chi connectivity index (χ0v) is 15.0. The SMILES string of the molecule is C[C@@H](CNC(=O)c1ccc(NS(C)(=O)=O)cc1Cl)c1ccccc1. The summed E-state index contributed by atoms with van der Waals surface area (Å²) in [5, 5.41) is 3.03. The van der Waals surface area contributed by atoms with Crippen LogP contribution in [-0.4, -0.2) is 27.1 Å². The summed E-state index contributed by atoms with van der Waals surface area (Å²) in [4.78, 5) is 12.3. The van der Waals surface area contributed by atoms with Crippen LogP contribution < -0.4 is 10.0 Å². The monoisotopic (exact) mass is 366 g/mol. The lowest BCUT2D eigenvalue weighted by atomic mass is 10.0. The molecule has 2 N–H and O–H groups in total. The number of anilines is 1. The van der Waals surface area contributed by atoms with Crippen molar-refractivity contribution in [3.8, 4) is 0 Å². The lowest BCUT2D eigenvalue weighted by molar-refractivity contribution is 0.0952. The van der Waals surface area contributed by atoms with Crippen LogP contribution in [0.3, 0.4) is 0 Å². The van der Waals surface area contributed by atoms with Gasteiger partial charge in [-0.15, -0.1) is 0 Å². The van der Waals surface area contributed by atoms with E-state index in [1.165, 1.54) is 18.2 Å². The van der Waals surface area contributed by atoms with Crippen LogP contribution in [0.4, 0.5) is 5.69 Å². The molecule has 2 aromatic carbocycles. The van der Waals surface area contributed by atoms with E-state index in [0.29, 0.717) is 17.8 Å². The van der Waals surface area contributed by atoms with Gasteiger partial charge in [0.25, 0.3) is 5.91 Å². The second kappa shape index (κ2) is 7.68. The molecule has 0 aliphatic rings. The summed E-state index contributed by atoms with van der Waals surface area (Å²) >= 11 is 6.09. The highest BCUT2D eigenvalue weighted by atomic mass is 35.5. The highest BCUT2D eigenvalue weighted by molar-refractivity contribution is 7.92. The molecule has 0 saturated carbocycles. The summed E-state index contributed by atoms with van der Waals surface area (Å²) in [6, 6.07) is 14.3. The zero-order valence-electron chi connectivity index (χ0n) is 13.4. The van der Waals surface area contributed by atoms with E-state index in [4.69, 9.17) is 11.6 Å². The maximum absolute atomic E-state index is 12.3. The molecule has 1 amide bonds. The number of amides is 1. The topological polar surface area (TPSA) is 75.3 Å². The Bertz CT molecular complexity index is 823. The second-order valence-electron chi connectivity index (χ2n) is 5.59. The third-order valence-electron chi connectivity index (χ3n) is 3.45. The van der Waals surface area contributed by atoms with Crippen LogP contribution in [0.2, 0.25) is 5.02 Å². The fraction of sp³-hybridized carbons (Fsp3) is 0.235. The summed E-state index contributed by atoms with van der Waals surface area (Å²) in [5.41, 5.74) is 1.75. The predicted octanol–water partition coefficient (Wildman–Crippen LogP) is 3.25. The molecule has 0 saturated heterocycles. The van der Waals surface area contributed by atoms with Crippen LogP contribution in [0.15, 0.2) is 48.5 Å². The summed E-state index contributed by atoms with van der Waals surface area (Å²) in [6.07, 6.45) is 1.05. The molecule has 128 valence electrons. The highest BCUT2D eigenvalue weighted by Crippen LogP contribution is 2.22. The molecule has 5 nitrogen and oxygen atoms in total. The van der Waals surface area contributed by atoms with Gasteiger partial charge in [0.2, 0.25) is 10.0 Å². The van der Waals surface area contributed by atoms with E-state index in [0.717, 1.165) is 11.8 Å². The number of nitrogens with one attached hydrogen (secondary N) is 2. The quantitative estimate of drug-likeness (QED) is 0.824. The molecular formula is C17H19ClN2O3S. The van der Waals surface area contributed by atoms with Gasteiger partial charge in [-0.2, -0.15) is 0 Å². The van der Waals surface area contributed by atoms with Crippen LogP contribution in [0.25, 0.3) is 0 Å². The number of sulfonamides is 1. The molecule has 0 bridgehead atoms. The first-order chi connectivity index (χ1) is 11.3. The van der Waals surface area contributed by atoms with Crippen molar-refractivity contribution in [1.82, 2.24) is 5.32 Å². The molecule has 7 heteroatoms. The Hall–Kier alpha value is -2.05. The molecule has 0 radical (unpaired) electrons. The predicted molar refractivity (Wildman–Crippen MR) is 97.1 cm³/mol. The first-order valence-electron chi connectivity index (χ1n) is 7.37. The van der Waals surface area contributed by atoms with E-state index in [9.17, 15) is 13.2 Å². The van der Waals surface area contributed by atoms with Crippen LogP contribution in [0, 0.1) is 0 Å². The van der Waals surface area contributed by atoms with Gasteiger partial charge in [-0.25, -0.2) is 8.42 Å². The molecule has 0 aliphatic heterocycles. The van der Waals surface area contributed by atoms with E-state index in [1.54, 1.807) is 0 Å². The number of carbonyl (C=O) groups excluding carboxylic acids is 1. The Morgan fingerprint density at radius 3 is 2.42 bits per heavy atom. The molecule has 24 heavy (non-hydrogen) atoms. The lowest BCUT2D eigenvalue weighted by Crippen LogP contribution is -2.27. The minimum Gasteiger partial charge on any atom is -0.351 e. The molecule has 1 atom stereocenters. The van der Waals surface area contributed by atoms with Gasteiger partial charge in [-0.05, 0) is 29.7 Å². The minimum absolute atomic E-state index is 0.167. The third-order valence-corrected chi connectivity index (χ3v) is 4.37. The van der Waals surface area contributed by atoms with Gasteiger partial charge in [0.05, 0.1) is 16.8 Å². The van der Waals surface area contributed by atoms with Crippen LogP contribution in [-0.2, 0) is 10.0 Å². The van der Waals surface area contributed by atoms with Gasteiger partial charge in [0.1, 0.15) is 0 Å². The Morgan fingerprint density at radius 2 is 1.83 bits per heavy atom. The van der Waals surface area contributed by atoms with Crippen molar-refractivity contribution in [3.05, 3.63) is 64.7 Å². The first kappa shape index (κ1) is 18.3. The second-order valence-corrected chi connectivity index (χ2v) is 7.75. The maximum atomic E-state index is 12.3. The molecule has 0 aromatic heterocycles. The van der Waals surface area contributed by atoms with Crippen molar-refractivity contribution >= 4 is 33.2 Å². The van der Waals surface area contributed by atoms with Crippen LogP contribution in [0.5, 0.6) is 0 Å². The lowest BCUT2D eigenvalue weighted by Gasteiger charge is -2.14. The molecule has 0 aliphatic carbocycles. The summed E-state index contributed by atoms with van der Waals surface area (Å²) in [5.74, 6) is -0.131. The van der Waals surface area contributed by atoms with Gasteiger partial charge in [0.15, 0.2) is 0 Å². The van der Waals surface area contributed by atoms with E-state index < -0.39 is 10.0 Å². The zero-order chi connectivity index (χ0) is 17.7. The van der Waals surface area contributed by atoms with Gasteiger partial charge in [0, 0.05) is 12.2 Å². The van der Waals surface area contributed by atoms with Crippen molar-refractivity contribution in [3.63, 3.8) is 0 Å². The van der Waals surface area contributed by atoms with Crippen LogP contribution in [0.1, 0.15) is 28.8 Å². The number of hydrogen-bond acceptors (Lipinski definition) is 3. The maximum Gasteiger partial charge on any atom is 0.252 e. The van der Waals surface area contributed by atoms with Crippen LogP contribution >= 0.6 is 11.6 Å². The Balaban J connectivity index is 2.02. The number of hydrogen-bond donors (Lipinski definition) is 2. The highest BCUT2D eigenvalue weighted by Gasteiger charge is 2.13. The van der Waals surface area contributed by atoms with Gasteiger partial charge in [-0.3, -0.25) is 9.52 Å². The fourth-order valence-corrected chi connectivity index (χ4v) is 3.04. The van der Waals surface area contributed by atoms with E-state index in [2.05, 4.69) is 10.0 Å². The number of rotatable bonds is 6. The minimum atomic E-state index is -3.39. The van der Waals surface area contributed by atoms with E-state index in [-0.39, 0.29) is 16.8 Å². The molecular weight excluding hydrogens is 348 g/mol.